The topological polar surface area (TPSA) is 120 Å². The summed E-state index contributed by atoms with van der Waals surface area (Å²) in [6, 6.07) is 7.08. The Kier molecular flexibility index (Phi) is 4.97. The van der Waals surface area contributed by atoms with Crippen molar-refractivity contribution in [2.45, 2.75) is 25.9 Å². The Morgan fingerprint density at radius 3 is 2.69 bits per heavy atom. The van der Waals surface area contributed by atoms with Crippen LogP contribution in [0.4, 0.5) is 0 Å². The summed E-state index contributed by atoms with van der Waals surface area (Å²) in [7, 11) is 3.19. The predicted molar refractivity (Wildman–Crippen MR) is 136 cm³/mol. The molecule has 2 N–H and O–H groups in total. The van der Waals surface area contributed by atoms with Crippen molar-refractivity contribution in [1.82, 2.24) is 28.5 Å². The van der Waals surface area contributed by atoms with Gasteiger partial charge in [0.25, 0.3) is 5.56 Å². The number of hydrogen-bond donors (Lipinski definition) is 2. The zero-order valence-corrected chi connectivity index (χ0v) is 20.4. The predicted octanol–water partition coefficient (Wildman–Crippen LogP) is 3.19. The van der Waals surface area contributed by atoms with Gasteiger partial charge in [-0.25, -0.2) is 9.59 Å². The molecule has 184 valence electrons. The van der Waals surface area contributed by atoms with Crippen LogP contribution in [0.2, 0.25) is 5.02 Å². The average Bonchev–Trinajstić information content (AvgIpc) is 3.28. The number of aromatic carboxylic acids is 1. The first-order valence-electron chi connectivity index (χ1n) is 11.6. The van der Waals surface area contributed by atoms with Gasteiger partial charge in [-0.3, -0.25) is 18.6 Å². The molecular weight excluding hydrogens is 484 g/mol. The summed E-state index contributed by atoms with van der Waals surface area (Å²) >= 11 is 6.25. The van der Waals surface area contributed by atoms with E-state index in [-0.39, 0.29) is 17.5 Å². The summed E-state index contributed by atoms with van der Waals surface area (Å²) in [6.45, 7) is 0.759. The molecule has 36 heavy (non-hydrogen) atoms. The first-order chi connectivity index (χ1) is 17.2. The molecule has 1 saturated carbocycles. The number of nitrogens with one attached hydrogen (secondary N) is 1. The van der Waals surface area contributed by atoms with E-state index in [4.69, 9.17) is 16.7 Å². The summed E-state index contributed by atoms with van der Waals surface area (Å²) < 4.78 is 6.02. The highest BCUT2D eigenvalue weighted by Crippen LogP contribution is 2.33. The van der Waals surface area contributed by atoms with E-state index in [2.05, 4.69) is 4.98 Å². The first-order valence-corrected chi connectivity index (χ1v) is 12.0. The van der Waals surface area contributed by atoms with Gasteiger partial charge >= 0.3 is 11.7 Å². The van der Waals surface area contributed by atoms with Gasteiger partial charge in [0.1, 0.15) is 11.1 Å². The molecule has 4 aromatic heterocycles. The van der Waals surface area contributed by atoms with Gasteiger partial charge in [-0.1, -0.05) is 11.6 Å². The number of carbonyl (C=O) groups is 1. The van der Waals surface area contributed by atoms with E-state index < -0.39 is 17.2 Å². The van der Waals surface area contributed by atoms with Gasteiger partial charge in [0.05, 0.1) is 17.8 Å². The monoisotopic (exact) mass is 506 g/mol. The molecule has 0 amide bonds. The van der Waals surface area contributed by atoms with E-state index in [1.54, 1.807) is 26.9 Å². The third-order valence-electron chi connectivity index (χ3n) is 6.91. The van der Waals surface area contributed by atoms with Crippen molar-refractivity contribution in [2.75, 3.05) is 0 Å². The Hall–Kier alpha value is -4.05. The van der Waals surface area contributed by atoms with E-state index in [0.717, 1.165) is 33.9 Å². The fourth-order valence-corrected chi connectivity index (χ4v) is 4.99. The summed E-state index contributed by atoms with van der Waals surface area (Å²) in [5, 5.41) is 16.2. The van der Waals surface area contributed by atoms with E-state index in [1.807, 2.05) is 18.3 Å². The highest BCUT2D eigenvalue weighted by atomic mass is 35.5. The maximum Gasteiger partial charge on any atom is 0.337 e. The average molecular weight is 507 g/mol. The first kappa shape index (κ1) is 22.4. The molecule has 0 radical (unpaired) electrons. The number of rotatable bonds is 6. The normalized spacial score (nSPS) is 13.8. The van der Waals surface area contributed by atoms with Crippen LogP contribution in [0.1, 0.15) is 28.8 Å². The Balaban J connectivity index is 1.66. The quantitative estimate of drug-likeness (QED) is 0.366. The summed E-state index contributed by atoms with van der Waals surface area (Å²) in [4.78, 5) is 41.5. The largest absolute Gasteiger partial charge is 0.478 e. The maximum atomic E-state index is 13.5. The minimum atomic E-state index is -1.07. The van der Waals surface area contributed by atoms with Crippen LogP contribution < -0.4 is 11.2 Å². The molecule has 0 atom stereocenters. The fourth-order valence-electron chi connectivity index (χ4n) is 4.82. The van der Waals surface area contributed by atoms with Gasteiger partial charge in [-0.05, 0) is 48.6 Å². The van der Waals surface area contributed by atoms with Crippen molar-refractivity contribution in [3.63, 3.8) is 0 Å². The van der Waals surface area contributed by atoms with E-state index >= 15 is 0 Å². The van der Waals surface area contributed by atoms with Crippen molar-refractivity contribution in [1.29, 1.82) is 0 Å². The molecule has 0 saturated heterocycles. The van der Waals surface area contributed by atoms with Gasteiger partial charge < -0.3 is 14.7 Å². The number of nitrogens with zero attached hydrogens (tertiary/aromatic N) is 5. The number of halogens is 1. The van der Waals surface area contributed by atoms with Crippen LogP contribution >= 0.6 is 11.6 Å². The van der Waals surface area contributed by atoms with E-state index in [1.165, 1.54) is 19.3 Å². The maximum absolute atomic E-state index is 13.5. The standard InChI is InChI=1S/C25H23ClN6O4/c1-29-11-14(24(34)35)7-19(29)21-20-22(31(10-13-3-4-13)25(36)30(2)23(20)33)28-32(21)12-15-9-27-18-6-5-16(26)8-17(15)18/h5-9,11,13,27H,3-4,10,12H2,1-2H3,(H,34,35). The second kappa shape index (κ2) is 7.99. The van der Waals surface area contributed by atoms with Crippen LogP contribution in [0.15, 0.2) is 46.2 Å². The minimum absolute atomic E-state index is 0.0930. The SMILES string of the molecule is Cn1cc(C(=O)O)cc1-c1c2c(=O)n(C)c(=O)n(CC3CC3)c2nn1Cc1c[nH]c2ccc(Cl)cc12. The van der Waals surface area contributed by atoms with Crippen LogP contribution in [0.25, 0.3) is 33.3 Å². The van der Waals surface area contributed by atoms with Gasteiger partial charge in [0, 0.05) is 49.0 Å². The lowest BCUT2D eigenvalue weighted by atomic mass is 10.1. The van der Waals surface area contributed by atoms with Gasteiger partial charge in [0.2, 0.25) is 0 Å². The number of benzene rings is 1. The smallest absolute Gasteiger partial charge is 0.337 e. The number of carboxylic acids is 1. The molecule has 6 rings (SSSR count). The number of aromatic nitrogens is 6. The molecule has 11 heteroatoms. The van der Waals surface area contributed by atoms with E-state index in [9.17, 15) is 19.5 Å². The highest BCUT2D eigenvalue weighted by Gasteiger charge is 2.28. The molecule has 0 bridgehead atoms. The lowest BCUT2D eigenvalue weighted by Gasteiger charge is -2.09. The molecule has 1 aliphatic carbocycles. The van der Waals surface area contributed by atoms with Crippen LogP contribution in [0, 0.1) is 5.92 Å². The summed E-state index contributed by atoms with van der Waals surface area (Å²) in [6.07, 6.45) is 5.41. The fraction of sp³-hybridized carbons (Fsp3) is 0.280. The van der Waals surface area contributed by atoms with Crippen LogP contribution in [0.5, 0.6) is 0 Å². The molecule has 1 aromatic carbocycles. The van der Waals surface area contributed by atoms with Crippen molar-refractivity contribution in [2.24, 2.45) is 20.0 Å². The number of carboxylic acid groups (broad SMARTS) is 1. The van der Waals surface area contributed by atoms with Crippen molar-refractivity contribution in [3.8, 4) is 11.4 Å². The van der Waals surface area contributed by atoms with Gasteiger partial charge in [-0.2, -0.15) is 5.10 Å². The van der Waals surface area contributed by atoms with Crippen LogP contribution in [0.3, 0.4) is 0 Å². The Morgan fingerprint density at radius 2 is 2.00 bits per heavy atom. The van der Waals surface area contributed by atoms with Crippen molar-refractivity contribution < 1.29 is 9.90 Å². The molecule has 0 spiro atoms. The highest BCUT2D eigenvalue weighted by molar-refractivity contribution is 6.31. The van der Waals surface area contributed by atoms with Gasteiger partial charge in [-0.15, -0.1) is 0 Å². The Bertz CT molecular complexity index is 1810. The molecule has 0 unspecified atom stereocenters. The molecule has 4 heterocycles. The van der Waals surface area contributed by atoms with E-state index in [0.29, 0.717) is 34.5 Å². The zero-order valence-electron chi connectivity index (χ0n) is 19.7. The number of aryl methyl sites for hydroxylation is 1. The van der Waals surface area contributed by atoms with Crippen LogP contribution in [-0.2, 0) is 27.2 Å². The molecule has 1 fully saturated rings. The lowest BCUT2D eigenvalue weighted by molar-refractivity contribution is 0.0697. The second-order valence-electron chi connectivity index (χ2n) is 9.44. The number of aromatic amines is 1. The lowest BCUT2D eigenvalue weighted by Crippen LogP contribution is -2.38. The zero-order chi connectivity index (χ0) is 25.3. The number of H-pyrrole nitrogens is 1. The molecule has 5 aromatic rings. The Morgan fingerprint density at radius 1 is 1.22 bits per heavy atom. The van der Waals surface area contributed by atoms with Gasteiger partial charge in [0.15, 0.2) is 5.65 Å². The number of fused-ring (bicyclic) bond motifs is 2. The minimum Gasteiger partial charge on any atom is -0.478 e. The number of hydrogen-bond acceptors (Lipinski definition) is 4. The molecule has 10 nitrogen and oxygen atoms in total. The summed E-state index contributed by atoms with van der Waals surface area (Å²) in [5.74, 6) is -0.696. The van der Waals surface area contributed by atoms with Crippen molar-refractivity contribution in [3.05, 3.63) is 73.6 Å². The third-order valence-corrected chi connectivity index (χ3v) is 7.14. The third kappa shape index (κ3) is 3.48. The summed E-state index contributed by atoms with van der Waals surface area (Å²) in [5.41, 5.74) is 2.29. The molecule has 1 aliphatic rings. The molecule has 0 aliphatic heterocycles. The second-order valence-corrected chi connectivity index (χ2v) is 9.88. The van der Waals surface area contributed by atoms with Crippen LogP contribution in [-0.4, -0.2) is 39.5 Å². The molecular formula is C25H23ClN6O4. The van der Waals surface area contributed by atoms with Crippen molar-refractivity contribution >= 4 is 39.5 Å². The Labute approximate surface area is 208 Å².